The Bertz CT molecular complexity index is 1520. The van der Waals surface area contributed by atoms with Crippen LogP contribution in [0.2, 0.25) is 0 Å². The first-order valence-electron chi connectivity index (χ1n) is 26.5. The van der Waals surface area contributed by atoms with Gasteiger partial charge in [-0.2, -0.15) is 8.42 Å². The smallest absolute Gasteiger partial charge is 0.306 e. The first-order valence-corrected chi connectivity index (χ1v) is 28.1. The van der Waals surface area contributed by atoms with Crippen LogP contribution < -0.4 is 0 Å². The average molecular weight is 979 g/mol. The summed E-state index contributed by atoms with van der Waals surface area (Å²) in [6.07, 6.45) is 48.2. The molecular formula is C55H94O12S. The lowest BCUT2D eigenvalue weighted by molar-refractivity contribution is -0.297. The van der Waals surface area contributed by atoms with Gasteiger partial charge in [0.15, 0.2) is 12.4 Å². The molecule has 0 amide bonds. The third-order valence-electron chi connectivity index (χ3n) is 11.8. The number of esters is 2. The van der Waals surface area contributed by atoms with E-state index in [1.165, 1.54) is 109 Å². The predicted molar refractivity (Wildman–Crippen MR) is 275 cm³/mol. The molecule has 0 aromatic heterocycles. The summed E-state index contributed by atoms with van der Waals surface area (Å²) in [6.45, 7) is 3.61. The van der Waals surface area contributed by atoms with Crippen LogP contribution in [0.1, 0.15) is 206 Å². The molecule has 1 rings (SSSR count). The molecule has 2 unspecified atom stereocenters. The van der Waals surface area contributed by atoms with Crippen LogP contribution in [0.25, 0.3) is 0 Å². The summed E-state index contributed by atoms with van der Waals surface area (Å²) < 4.78 is 54.2. The Morgan fingerprint density at radius 3 is 1.35 bits per heavy atom. The number of hydrogen-bond acceptors (Lipinski definition) is 11. The van der Waals surface area contributed by atoms with Gasteiger partial charge in [-0.1, -0.05) is 215 Å². The number of carbonyl (C=O) groups excluding carboxylic acids is 2. The molecule has 1 heterocycles. The largest absolute Gasteiger partial charge is 0.462 e. The zero-order valence-corrected chi connectivity index (χ0v) is 43.0. The number of aliphatic hydroxyl groups excluding tert-OH is 3. The number of hydrogen-bond donors (Lipinski definition) is 4. The van der Waals surface area contributed by atoms with Crippen molar-refractivity contribution in [1.29, 1.82) is 0 Å². The van der Waals surface area contributed by atoms with Crippen LogP contribution in [-0.2, 0) is 38.7 Å². The normalized spacial score (nSPS) is 19.8. The van der Waals surface area contributed by atoms with Crippen molar-refractivity contribution in [1.82, 2.24) is 0 Å². The highest BCUT2D eigenvalue weighted by molar-refractivity contribution is 7.85. The van der Waals surface area contributed by atoms with E-state index in [2.05, 4.69) is 74.6 Å². The van der Waals surface area contributed by atoms with E-state index in [0.717, 1.165) is 51.4 Å². The van der Waals surface area contributed by atoms with Gasteiger partial charge in [0.2, 0.25) is 0 Å². The van der Waals surface area contributed by atoms with E-state index in [9.17, 15) is 37.9 Å². The zero-order chi connectivity index (χ0) is 49.8. The Morgan fingerprint density at radius 1 is 0.515 bits per heavy atom. The quantitative estimate of drug-likeness (QED) is 0.0196. The van der Waals surface area contributed by atoms with E-state index in [1.54, 1.807) is 0 Å². The topological polar surface area (TPSA) is 186 Å². The van der Waals surface area contributed by atoms with E-state index in [0.29, 0.717) is 19.3 Å². The highest BCUT2D eigenvalue weighted by atomic mass is 32.2. The molecule has 1 fully saturated rings. The second-order valence-corrected chi connectivity index (χ2v) is 19.7. The number of unbranched alkanes of at least 4 members (excludes halogenated alkanes) is 20. The summed E-state index contributed by atoms with van der Waals surface area (Å²) in [5, 5.41) is 31.0. The molecule has 68 heavy (non-hydrogen) atoms. The molecule has 0 aromatic rings. The van der Waals surface area contributed by atoms with Crippen LogP contribution in [0.15, 0.2) is 72.9 Å². The maximum absolute atomic E-state index is 12.8. The van der Waals surface area contributed by atoms with E-state index < -0.39 is 71.2 Å². The zero-order valence-electron chi connectivity index (χ0n) is 42.2. The molecule has 1 saturated heterocycles. The fourth-order valence-corrected chi connectivity index (χ4v) is 8.45. The lowest BCUT2D eigenvalue weighted by Gasteiger charge is -2.40. The van der Waals surface area contributed by atoms with Crippen LogP contribution in [0.5, 0.6) is 0 Å². The van der Waals surface area contributed by atoms with Gasteiger partial charge in [-0.15, -0.1) is 0 Å². The fraction of sp³-hybridized carbons (Fsp3) is 0.745. The monoisotopic (exact) mass is 979 g/mol. The molecule has 4 N–H and O–H groups in total. The SMILES string of the molecule is CC/C=C/C/C=C/C/C=C/C/C=C/C/C=C/C/C=C/CCC(=O)O[C@H](COC(=O)CCCCCCCCCCCCCCCCCCCCCCC)CO[C@H]1O[C@H](CS(=O)(=O)O)[C@@H](O)C(O)C1O. The van der Waals surface area contributed by atoms with Crippen molar-refractivity contribution in [3.05, 3.63) is 72.9 Å². The van der Waals surface area contributed by atoms with Crippen molar-refractivity contribution in [2.75, 3.05) is 19.0 Å². The standard InChI is InChI=1S/C55H94O12S/c1-3-5-7-9-11-13-15-17-19-21-23-24-26-27-29-31-33-35-37-39-41-43-50(56)64-45-48(46-65-55-54(60)53(59)52(58)49(67-55)47-68(61,62)63)66-51(57)44-42-40-38-36-34-32-30-28-25-22-20-18-16-14-12-10-8-6-4-2/h6,8,12,14,18,20,25,28,32,34,38,40,48-49,52-55,58-60H,3-5,7,9-11,13,15-17,19,21-24,26-27,29-31,33,35-37,39,41-47H2,1-2H3,(H,61,62,63)/b8-6+,14-12+,20-18+,28-25+,34-32+,40-38+/t48-,49-,52-,53?,54?,55+/m1/s1. The Balaban J connectivity index is 2.40. The molecule has 392 valence electrons. The average Bonchev–Trinajstić information content (AvgIpc) is 3.31. The number of rotatable bonds is 44. The third-order valence-corrected chi connectivity index (χ3v) is 12.6. The molecule has 0 spiro atoms. The molecule has 6 atom stereocenters. The van der Waals surface area contributed by atoms with Crippen molar-refractivity contribution >= 4 is 22.1 Å². The van der Waals surface area contributed by atoms with Crippen molar-refractivity contribution in [3.63, 3.8) is 0 Å². The van der Waals surface area contributed by atoms with Gasteiger partial charge >= 0.3 is 11.9 Å². The van der Waals surface area contributed by atoms with Crippen molar-refractivity contribution in [2.24, 2.45) is 0 Å². The second-order valence-electron chi connectivity index (χ2n) is 18.2. The van der Waals surface area contributed by atoms with Gasteiger partial charge in [0, 0.05) is 12.8 Å². The summed E-state index contributed by atoms with van der Waals surface area (Å²) in [4.78, 5) is 25.5. The highest BCUT2D eigenvalue weighted by Gasteiger charge is 2.46. The fourth-order valence-electron chi connectivity index (χ4n) is 7.76. The van der Waals surface area contributed by atoms with Crippen molar-refractivity contribution in [3.8, 4) is 0 Å². The minimum Gasteiger partial charge on any atom is -0.462 e. The summed E-state index contributed by atoms with van der Waals surface area (Å²) in [5.41, 5.74) is 0. The van der Waals surface area contributed by atoms with Gasteiger partial charge in [0.25, 0.3) is 10.1 Å². The van der Waals surface area contributed by atoms with Gasteiger partial charge in [0.05, 0.1) is 6.61 Å². The second kappa shape index (κ2) is 44.1. The minimum atomic E-state index is -4.62. The van der Waals surface area contributed by atoms with Gasteiger partial charge in [-0.25, -0.2) is 0 Å². The number of aliphatic hydroxyl groups is 3. The molecule has 0 saturated carbocycles. The third kappa shape index (κ3) is 37.9. The number of ether oxygens (including phenoxy) is 4. The molecule has 0 aliphatic carbocycles. The summed E-state index contributed by atoms with van der Waals surface area (Å²) >= 11 is 0. The lowest BCUT2D eigenvalue weighted by Crippen LogP contribution is -2.60. The first kappa shape index (κ1) is 63.1. The molecule has 1 aliphatic rings. The van der Waals surface area contributed by atoms with Crippen molar-refractivity contribution in [2.45, 2.75) is 243 Å². The van der Waals surface area contributed by atoms with Gasteiger partial charge in [0.1, 0.15) is 36.8 Å². The molecule has 12 nitrogen and oxygen atoms in total. The van der Waals surface area contributed by atoms with Crippen LogP contribution in [-0.4, -0.2) is 96.0 Å². The maximum Gasteiger partial charge on any atom is 0.306 e. The predicted octanol–water partition coefficient (Wildman–Crippen LogP) is 12.2. The molecular weight excluding hydrogens is 885 g/mol. The molecule has 0 aromatic carbocycles. The Labute approximate surface area is 412 Å². The van der Waals surface area contributed by atoms with Gasteiger partial charge < -0.3 is 34.3 Å². The Morgan fingerprint density at radius 2 is 0.926 bits per heavy atom. The minimum absolute atomic E-state index is 0.0376. The summed E-state index contributed by atoms with van der Waals surface area (Å²) in [6, 6.07) is 0. The van der Waals surface area contributed by atoms with Crippen molar-refractivity contribution < 1.29 is 56.8 Å². The van der Waals surface area contributed by atoms with Crippen LogP contribution >= 0.6 is 0 Å². The molecule has 0 radical (unpaired) electrons. The van der Waals surface area contributed by atoms with E-state index >= 15 is 0 Å². The van der Waals surface area contributed by atoms with E-state index in [-0.39, 0.29) is 19.4 Å². The molecule has 0 bridgehead atoms. The highest BCUT2D eigenvalue weighted by Crippen LogP contribution is 2.24. The van der Waals surface area contributed by atoms with Gasteiger partial charge in [-0.3, -0.25) is 14.1 Å². The summed E-state index contributed by atoms with van der Waals surface area (Å²) in [7, 11) is -4.62. The van der Waals surface area contributed by atoms with Crippen LogP contribution in [0.3, 0.4) is 0 Å². The first-order chi connectivity index (χ1) is 33.0. The van der Waals surface area contributed by atoms with Gasteiger partial charge in [-0.05, 0) is 51.4 Å². The van der Waals surface area contributed by atoms with Crippen LogP contribution in [0.4, 0.5) is 0 Å². The Hall–Kier alpha value is -2.91. The van der Waals surface area contributed by atoms with E-state index in [4.69, 9.17) is 18.9 Å². The maximum atomic E-state index is 12.8. The van der Waals surface area contributed by atoms with E-state index in [1.807, 2.05) is 12.2 Å². The lowest BCUT2D eigenvalue weighted by atomic mass is 10.00. The number of allylic oxidation sites excluding steroid dienone is 12. The Kier molecular flexibility index (Phi) is 40.9. The molecule has 1 aliphatic heterocycles. The summed E-state index contributed by atoms with van der Waals surface area (Å²) in [5.74, 6) is -2.09. The van der Waals surface area contributed by atoms with Crippen LogP contribution in [0, 0.1) is 0 Å². The molecule has 13 heteroatoms. The number of carbonyl (C=O) groups is 2.